The number of aromatic nitrogens is 2. The molecule has 1 aromatic rings. The molecule has 21 heavy (non-hydrogen) atoms. The van der Waals surface area contributed by atoms with Crippen LogP contribution in [0.1, 0.15) is 38.3 Å². The van der Waals surface area contributed by atoms with Crippen LogP contribution >= 0.6 is 0 Å². The quantitative estimate of drug-likeness (QED) is 0.644. The monoisotopic (exact) mass is 294 g/mol. The molecule has 1 N–H and O–H groups in total. The van der Waals surface area contributed by atoms with Gasteiger partial charge in [0.2, 0.25) is 5.82 Å². The zero-order chi connectivity index (χ0) is 15.0. The summed E-state index contributed by atoms with van der Waals surface area (Å²) in [7, 11) is 0. The Morgan fingerprint density at radius 2 is 2.24 bits per heavy atom. The molecule has 116 valence electrons. The Hall–Kier alpha value is -1.63. The molecule has 0 spiro atoms. The van der Waals surface area contributed by atoms with Gasteiger partial charge in [0.15, 0.2) is 0 Å². The van der Waals surface area contributed by atoms with Crippen molar-refractivity contribution < 1.29 is 9.66 Å². The molecule has 0 bridgehead atoms. The van der Waals surface area contributed by atoms with Crippen LogP contribution in [0.5, 0.6) is 0 Å². The van der Waals surface area contributed by atoms with Gasteiger partial charge >= 0.3 is 5.69 Å². The van der Waals surface area contributed by atoms with Gasteiger partial charge in [-0.05, 0) is 38.5 Å². The Labute approximate surface area is 123 Å². The van der Waals surface area contributed by atoms with Crippen molar-refractivity contribution in [3.8, 4) is 0 Å². The second-order valence-corrected chi connectivity index (χ2v) is 5.98. The number of nitrogens with one attached hydrogen (secondary N) is 1. The molecule has 3 rings (SSSR count). The van der Waals surface area contributed by atoms with Crippen molar-refractivity contribution in [3.63, 3.8) is 0 Å². The fraction of sp³-hybridized carbons (Fsp3) is 0.786. The van der Waals surface area contributed by atoms with E-state index >= 15 is 0 Å². The standard InChI is InChI=1S/C14H22N4O3/c1-3-7-17-14(12(18(19)20)9(2)16-17)15-11-6-8-21-13(11)10-4-5-10/h10-11,13,15H,3-8H2,1-2H3. The summed E-state index contributed by atoms with van der Waals surface area (Å²) in [5, 5.41) is 19.0. The molecule has 0 radical (unpaired) electrons. The third-order valence-corrected chi connectivity index (χ3v) is 4.26. The van der Waals surface area contributed by atoms with E-state index in [0.29, 0.717) is 24.0 Å². The average Bonchev–Trinajstić information content (AvgIpc) is 3.09. The first kappa shape index (κ1) is 14.3. The third-order valence-electron chi connectivity index (χ3n) is 4.26. The Kier molecular flexibility index (Phi) is 3.84. The van der Waals surface area contributed by atoms with Crippen LogP contribution in [0.4, 0.5) is 11.5 Å². The van der Waals surface area contributed by atoms with Gasteiger partial charge in [0.1, 0.15) is 5.69 Å². The highest BCUT2D eigenvalue weighted by atomic mass is 16.6. The van der Waals surface area contributed by atoms with Gasteiger partial charge in [-0.3, -0.25) is 10.1 Å². The largest absolute Gasteiger partial charge is 0.376 e. The Morgan fingerprint density at radius 3 is 2.86 bits per heavy atom. The summed E-state index contributed by atoms with van der Waals surface area (Å²) < 4.78 is 7.54. The fourth-order valence-electron chi connectivity index (χ4n) is 3.14. The number of nitrogens with zero attached hydrogens (tertiary/aromatic N) is 3. The number of aryl methyl sites for hydroxylation is 2. The van der Waals surface area contributed by atoms with E-state index in [4.69, 9.17) is 4.74 Å². The lowest BCUT2D eigenvalue weighted by Crippen LogP contribution is -2.32. The fourth-order valence-corrected chi connectivity index (χ4v) is 3.14. The Morgan fingerprint density at radius 1 is 1.48 bits per heavy atom. The van der Waals surface area contributed by atoms with E-state index in [2.05, 4.69) is 10.4 Å². The molecule has 1 aliphatic carbocycles. The first-order chi connectivity index (χ1) is 10.1. The summed E-state index contributed by atoms with van der Waals surface area (Å²) in [4.78, 5) is 11.0. The van der Waals surface area contributed by atoms with Gasteiger partial charge in [0.05, 0.1) is 17.1 Å². The molecule has 2 aliphatic rings. The molecule has 1 aromatic heterocycles. The van der Waals surface area contributed by atoms with Gasteiger partial charge in [-0.1, -0.05) is 6.92 Å². The topological polar surface area (TPSA) is 82.2 Å². The van der Waals surface area contributed by atoms with Crippen molar-refractivity contribution in [2.75, 3.05) is 11.9 Å². The van der Waals surface area contributed by atoms with Crippen LogP contribution in [-0.2, 0) is 11.3 Å². The number of nitro groups is 1. The van der Waals surface area contributed by atoms with Gasteiger partial charge < -0.3 is 10.1 Å². The van der Waals surface area contributed by atoms with Crippen LogP contribution in [-0.4, -0.2) is 33.5 Å². The molecule has 0 amide bonds. The van der Waals surface area contributed by atoms with E-state index in [1.54, 1.807) is 11.6 Å². The molecule has 1 saturated heterocycles. The van der Waals surface area contributed by atoms with E-state index in [1.165, 1.54) is 12.8 Å². The molecule has 7 nitrogen and oxygen atoms in total. The van der Waals surface area contributed by atoms with Crippen molar-refractivity contribution in [2.24, 2.45) is 5.92 Å². The SMILES string of the molecule is CCCn1nc(C)c([N+](=O)[O-])c1NC1CCOC1C1CC1. The van der Waals surface area contributed by atoms with Gasteiger partial charge in [-0.25, -0.2) is 4.68 Å². The summed E-state index contributed by atoms with van der Waals surface area (Å²) >= 11 is 0. The maximum absolute atomic E-state index is 11.3. The van der Waals surface area contributed by atoms with E-state index in [9.17, 15) is 10.1 Å². The molecule has 2 fully saturated rings. The summed E-state index contributed by atoms with van der Waals surface area (Å²) in [5.74, 6) is 1.16. The summed E-state index contributed by atoms with van der Waals surface area (Å²) in [6, 6.07) is 0.155. The van der Waals surface area contributed by atoms with E-state index in [0.717, 1.165) is 19.4 Å². The summed E-state index contributed by atoms with van der Waals surface area (Å²) in [6.07, 6.45) is 4.39. The zero-order valence-electron chi connectivity index (χ0n) is 12.5. The molecule has 7 heteroatoms. The van der Waals surface area contributed by atoms with Gasteiger partial charge in [0, 0.05) is 13.2 Å². The average molecular weight is 294 g/mol. The van der Waals surface area contributed by atoms with E-state index < -0.39 is 0 Å². The van der Waals surface area contributed by atoms with Crippen LogP contribution in [0.3, 0.4) is 0 Å². The molecule has 2 unspecified atom stereocenters. The molecular weight excluding hydrogens is 272 g/mol. The predicted octanol–water partition coefficient (Wildman–Crippen LogP) is 2.49. The third kappa shape index (κ3) is 2.74. The van der Waals surface area contributed by atoms with Gasteiger partial charge in [0.25, 0.3) is 0 Å². The second kappa shape index (κ2) is 5.63. The van der Waals surface area contributed by atoms with Crippen LogP contribution in [0.2, 0.25) is 0 Å². The summed E-state index contributed by atoms with van der Waals surface area (Å²) in [6.45, 7) is 5.14. The highest BCUT2D eigenvalue weighted by Crippen LogP contribution is 2.40. The number of rotatable bonds is 6. The van der Waals surface area contributed by atoms with Crippen LogP contribution < -0.4 is 5.32 Å². The number of hydrogen-bond acceptors (Lipinski definition) is 5. The van der Waals surface area contributed by atoms with Gasteiger partial charge in [-0.2, -0.15) is 5.10 Å². The Bertz CT molecular complexity index is 539. The first-order valence-corrected chi connectivity index (χ1v) is 7.71. The zero-order valence-corrected chi connectivity index (χ0v) is 12.5. The maximum atomic E-state index is 11.3. The van der Waals surface area contributed by atoms with E-state index in [1.807, 2.05) is 6.92 Å². The molecule has 1 aliphatic heterocycles. The highest BCUT2D eigenvalue weighted by Gasteiger charge is 2.42. The molecular formula is C14H22N4O3. The highest BCUT2D eigenvalue weighted by molar-refractivity contribution is 5.60. The van der Waals surface area contributed by atoms with Gasteiger partial charge in [-0.15, -0.1) is 0 Å². The van der Waals surface area contributed by atoms with Crippen molar-refractivity contribution in [1.29, 1.82) is 0 Å². The van der Waals surface area contributed by atoms with Crippen LogP contribution in [0, 0.1) is 23.0 Å². The Balaban J connectivity index is 1.87. The lowest BCUT2D eigenvalue weighted by molar-refractivity contribution is -0.384. The number of ether oxygens (including phenoxy) is 1. The van der Waals surface area contributed by atoms with E-state index in [-0.39, 0.29) is 22.8 Å². The molecule has 1 saturated carbocycles. The minimum atomic E-state index is -0.335. The van der Waals surface area contributed by atoms with Crippen molar-refractivity contribution in [2.45, 2.75) is 58.2 Å². The predicted molar refractivity (Wildman–Crippen MR) is 78.4 cm³/mol. The minimum Gasteiger partial charge on any atom is -0.376 e. The molecule has 2 atom stereocenters. The van der Waals surface area contributed by atoms with Crippen LogP contribution in [0.25, 0.3) is 0 Å². The second-order valence-electron chi connectivity index (χ2n) is 5.98. The summed E-state index contributed by atoms with van der Waals surface area (Å²) in [5.41, 5.74) is 0.572. The first-order valence-electron chi connectivity index (χ1n) is 7.71. The number of hydrogen-bond donors (Lipinski definition) is 1. The lowest BCUT2D eigenvalue weighted by Gasteiger charge is -2.20. The van der Waals surface area contributed by atoms with Crippen molar-refractivity contribution in [3.05, 3.63) is 15.8 Å². The number of anilines is 1. The minimum absolute atomic E-state index is 0.102. The molecule has 0 aromatic carbocycles. The maximum Gasteiger partial charge on any atom is 0.333 e. The van der Waals surface area contributed by atoms with Crippen molar-refractivity contribution >= 4 is 11.5 Å². The normalized spacial score (nSPS) is 25.2. The molecule has 2 heterocycles. The lowest BCUT2D eigenvalue weighted by atomic mass is 10.1. The van der Waals surface area contributed by atoms with Crippen LogP contribution in [0.15, 0.2) is 0 Å². The van der Waals surface area contributed by atoms with Crippen molar-refractivity contribution in [1.82, 2.24) is 9.78 Å². The smallest absolute Gasteiger partial charge is 0.333 e.